The molecule has 0 radical (unpaired) electrons. The first-order valence-corrected chi connectivity index (χ1v) is 3.75. The van der Waals surface area contributed by atoms with Crippen LogP contribution in [0.3, 0.4) is 0 Å². The predicted molar refractivity (Wildman–Crippen MR) is 52.3 cm³/mol. The minimum atomic E-state index is 0.635. The van der Waals surface area contributed by atoms with Gasteiger partial charge >= 0.3 is 0 Å². The van der Waals surface area contributed by atoms with Crippen LogP contribution < -0.4 is 0 Å². The summed E-state index contributed by atoms with van der Waals surface area (Å²) in [5.74, 6) is 0. The Labute approximate surface area is 72.7 Å². The fourth-order valence-electron chi connectivity index (χ4n) is 0.998. The minimum absolute atomic E-state index is 0.635. The van der Waals surface area contributed by atoms with Crippen molar-refractivity contribution < 1.29 is 0 Å². The Hall–Kier alpha value is -1.44. The number of hydrogen-bond acceptors (Lipinski definition) is 2. The molecule has 1 aromatic rings. The van der Waals surface area contributed by atoms with E-state index in [0.29, 0.717) is 5.70 Å². The van der Waals surface area contributed by atoms with Crippen molar-refractivity contribution in [3.63, 3.8) is 0 Å². The number of hydrogen-bond donors (Lipinski definition) is 0. The number of aromatic nitrogens is 1. The van der Waals surface area contributed by atoms with Gasteiger partial charge in [0.05, 0.1) is 11.4 Å². The van der Waals surface area contributed by atoms with Crippen molar-refractivity contribution in [2.45, 2.75) is 13.8 Å². The first kappa shape index (κ1) is 8.65. The van der Waals surface area contributed by atoms with Crippen molar-refractivity contribution in [1.82, 2.24) is 4.98 Å². The highest BCUT2D eigenvalue weighted by molar-refractivity contribution is 5.66. The van der Waals surface area contributed by atoms with E-state index in [1.165, 1.54) is 5.56 Å². The first-order valence-electron chi connectivity index (χ1n) is 3.75. The summed E-state index contributed by atoms with van der Waals surface area (Å²) in [7, 11) is 0. The number of aliphatic imine (C=N–C) groups is 1. The lowest BCUT2D eigenvalue weighted by molar-refractivity contribution is 1.17. The summed E-state index contributed by atoms with van der Waals surface area (Å²) in [4.78, 5) is 7.93. The molecule has 0 bridgehead atoms. The van der Waals surface area contributed by atoms with Crippen LogP contribution in [0, 0.1) is 13.8 Å². The lowest BCUT2D eigenvalue weighted by atomic mass is 10.1. The molecule has 0 aromatic carbocycles. The Morgan fingerprint density at radius 3 is 2.75 bits per heavy atom. The molecular formula is C10H12N2. The summed E-state index contributed by atoms with van der Waals surface area (Å²) in [6, 6.07) is 1.97. The van der Waals surface area contributed by atoms with Crippen LogP contribution in [0.5, 0.6) is 0 Å². The molecular weight excluding hydrogens is 148 g/mol. The molecule has 12 heavy (non-hydrogen) atoms. The monoisotopic (exact) mass is 160 g/mol. The molecule has 0 spiro atoms. The van der Waals surface area contributed by atoms with Gasteiger partial charge < -0.3 is 0 Å². The number of rotatable bonds is 2. The van der Waals surface area contributed by atoms with Crippen molar-refractivity contribution >= 4 is 12.4 Å². The van der Waals surface area contributed by atoms with Crippen LogP contribution >= 0.6 is 0 Å². The maximum absolute atomic E-state index is 4.18. The summed E-state index contributed by atoms with van der Waals surface area (Å²) < 4.78 is 0. The molecule has 0 atom stereocenters. The average Bonchev–Trinajstić information content (AvgIpc) is 2.08. The zero-order chi connectivity index (χ0) is 9.14. The van der Waals surface area contributed by atoms with E-state index in [4.69, 9.17) is 0 Å². The summed E-state index contributed by atoms with van der Waals surface area (Å²) >= 11 is 0. The van der Waals surface area contributed by atoms with Crippen LogP contribution in [0.15, 0.2) is 23.8 Å². The molecule has 2 nitrogen and oxygen atoms in total. The van der Waals surface area contributed by atoms with E-state index in [0.717, 1.165) is 11.3 Å². The third-order valence-electron chi connectivity index (χ3n) is 1.94. The van der Waals surface area contributed by atoms with Crippen LogP contribution in [-0.4, -0.2) is 11.7 Å². The van der Waals surface area contributed by atoms with Gasteiger partial charge in [-0.15, -0.1) is 0 Å². The van der Waals surface area contributed by atoms with Crippen LogP contribution in [0.2, 0.25) is 0 Å². The van der Waals surface area contributed by atoms with E-state index in [2.05, 4.69) is 23.3 Å². The Morgan fingerprint density at radius 2 is 2.17 bits per heavy atom. The van der Waals surface area contributed by atoms with E-state index in [1.807, 2.05) is 19.9 Å². The van der Waals surface area contributed by atoms with Gasteiger partial charge in [-0.1, -0.05) is 6.58 Å². The molecule has 0 fully saturated rings. The second kappa shape index (κ2) is 3.30. The van der Waals surface area contributed by atoms with Gasteiger partial charge in [-0.25, -0.2) is 0 Å². The normalized spacial score (nSPS) is 9.50. The maximum Gasteiger partial charge on any atom is 0.0911 e. The van der Waals surface area contributed by atoms with Gasteiger partial charge in [0.1, 0.15) is 0 Å². The van der Waals surface area contributed by atoms with Crippen LogP contribution in [0.4, 0.5) is 0 Å². The highest BCUT2D eigenvalue weighted by atomic mass is 14.8. The quantitative estimate of drug-likeness (QED) is 0.610. The molecule has 0 amide bonds. The maximum atomic E-state index is 4.18. The first-order chi connectivity index (χ1) is 5.66. The third kappa shape index (κ3) is 1.42. The van der Waals surface area contributed by atoms with Gasteiger partial charge in [-0.3, -0.25) is 9.98 Å². The summed E-state index contributed by atoms with van der Waals surface area (Å²) in [5.41, 5.74) is 3.79. The van der Waals surface area contributed by atoms with E-state index in [-0.39, 0.29) is 0 Å². The lowest BCUT2D eigenvalue weighted by Gasteiger charge is -2.05. The van der Waals surface area contributed by atoms with Gasteiger partial charge in [0.2, 0.25) is 0 Å². The van der Waals surface area contributed by atoms with Crippen molar-refractivity contribution in [2.24, 2.45) is 4.99 Å². The molecule has 1 rings (SSSR count). The molecule has 1 heterocycles. The Bertz CT molecular complexity index is 327. The summed E-state index contributed by atoms with van der Waals surface area (Å²) in [5, 5.41) is 0. The SMILES string of the molecule is C=NC(=C)c1nccc(C)c1C. The van der Waals surface area contributed by atoms with Crippen LogP contribution in [-0.2, 0) is 0 Å². The standard InChI is InChI=1S/C10H12N2/c1-7-5-6-12-10(8(7)2)9(3)11-4/h5-6H,3-4H2,1-2H3. The second-order valence-electron chi connectivity index (χ2n) is 2.71. The van der Waals surface area contributed by atoms with Crippen molar-refractivity contribution in [3.8, 4) is 0 Å². The number of aryl methyl sites for hydroxylation is 1. The fraction of sp³-hybridized carbons (Fsp3) is 0.200. The highest BCUT2D eigenvalue weighted by Crippen LogP contribution is 2.17. The molecule has 0 unspecified atom stereocenters. The molecule has 0 saturated heterocycles. The molecule has 0 aliphatic heterocycles. The van der Waals surface area contributed by atoms with Crippen LogP contribution in [0.1, 0.15) is 16.8 Å². The van der Waals surface area contributed by atoms with Gasteiger partial charge in [-0.2, -0.15) is 0 Å². The Kier molecular flexibility index (Phi) is 2.38. The third-order valence-corrected chi connectivity index (χ3v) is 1.94. The molecule has 62 valence electrons. The predicted octanol–water partition coefficient (Wildman–Crippen LogP) is 2.37. The van der Waals surface area contributed by atoms with Crippen molar-refractivity contribution in [3.05, 3.63) is 35.7 Å². The van der Waals surface area contributed by atoms with Crippen molar-refractivity contribution in [1.29, 1.82) is 0 Å². The Balaban J connectivity index is 3.25. The zero-order valence-electron chi connectivity index (χ0n) is 7.46. The molecule has 0 aliphatic carbocycles. The van der Waals surface area contributed by atoms with Gasteiger partial charge in [0, 0.05) is 6.20 Å². The van der Waals surface area contributed by atoms with E-state index in [1.54, 1.807) is 6.20 Å². The topological polar surface area (TPSA) is 25.2 Å². The second-order valence-corrected chi connectivity index (χ2v) is 2.71. The van der Waals surface area contributed by atoms with E-state index in [9.17, 15) is 0 Å². The summed E-state index contributed by atoms with van der Waals surface area (Å²) in [6.07, 6.45) is 1.76. The smallest absolute Gasteiger partial charge is 0.0911 e. The van der Waals surface area contributed by atoms with E-state index < -0.39 is 0 Å². The Morgan fingerprint density at radius 1 is 1.50 bits per heavy atom. The largest absolute Gasteiger partial charge is 0.263 e. The molecule has 0 saturated carbocycles. The highest BCUT2D eigenvalue weighted by Gasteiger charge is 2.03. The molecule has 1 aromatic heterocycles. The van der Waals surface area contributed by atoms with Gasteiger partial charge in [0.15, 0.2) is 0 Å². The minimum Gasteiger partial charge on any atom is -0.263 e. The zero-order valence-corrected chi connectivity index (χ0v) is 7.46. The number of pyridine rings is 1. The molecule has 2 heteroatoms. The van der Waals surface area contributed by atoms with Crippen molar-refractivity contribution in [2.75, 3.05) is 0 Å². The van der Waals surface area contributed by atoms with Crippen LogP contribution in [0.25, 0.3) is 5.70 Å². The summed E-state index contributed by atoms with van der Waals surface area (Å²) in [6.45, 7) is 11.2. The van der Waals surface area contributed by atoms with E-state index >= 15 is 0 Å². The fourth-order valence-corrected chi connectivity index (χ4v) is 0.998. The van der Waals surface area contributed by atoms with Gasteiger partial charge in [-0.05, 0) is 37.8 Å². The van der Waals surface area contributed by atoms with Gasteiger partial charge in [0.25, 0.3) is 0 Å². The number of nitrogens with zero attached hydrogens (tertiary/aromatic N) is 2. The molecule has 0 aliphatic rings. The lowest BCUT2D eigenvalue weighted by Crippen LogP contribution is -1.92. The average molecular weight is 160 g/mol. The molecule has 0 N–H and O–H groups in total.